The van der Waals surface area contributed by atoms with Crippen LogP contribution in [0, 0.1) is 5.92 Å². The highest BCUT2D eigenvalue weighted by Crippen LogP contribution is 2.38. The molecule has 0 bridgehead atoms. The van der Waals surface area contributed by atoms with Gasteiger partial charge in [-0.05, 0) is 45.4 Å². The SMILES string of the molecule is CCC1CCC(C(=O)O)(N(C=O)C(C)C)CC1. The molecule has 0 aromatic heterocycles. The number of carboxylic acid groups (broad SMARTS) is 1. The zero-order chi connectivity index (χ0) is 13.1. The Kier molecular flexibility index (Phi) is 4.54. The van der Waals surface area contributed by atoms with E-state index in [-0.39, 0.29) is 6.04 Å². The van der Waals surface area contributed by atoms with E-state index in [1.165, 1.54) is 4.90 Å². The Hall–Kier alpha value is -1.06. The normalized spacial score (nSPS) is 29.1. The maximum atomic E-state index is 11.6. The lowest BCUT2D eigenvalue weighted by Gasteiger charge is -2.45. The first-order chi connectivity index (χ1) is 7.97. The maximum Gasteiger partial charge on any atom is 0.329 e. The van der Waals surface area contributed by atoms with Crippen molar-refractivity contribution in [2.24, 2.45) is 5.92 Å². The van der Waals surface area contributed by atoms with E-state index in [1.54, 1.807) is 0 Å². The van der Waals surface area contributed by atoms with Crippen LogP contribution in [0.1, 0.15) is 52.9 Å². The Morgan fingerprint density at radius 2 is 2.00 bits per heavy atom. The zero-order valence-electron chi connectivity index (χ0n) is 11.0. The van der Waals surface area contributed by atoms with Gasteiger partial charge in [0.2, 0.25) is 6.41 Å². The van der Waals surface area contributed by atoms with E-state index in [2.05, 4.69) is 6.92 Å². The molecule has 17 heavy (non-hydrogen) atoms. The van der Waals surface area contributed by atoms with Gasteiger partial charge >= 0.3 is 5.97 Å². The number of amides is 1. The Balaban J connectivity index is 2.92. The lowest BCUT2D eigenvalue weighted by Crippen LogP contribution is -2.58. The molecule has 4 heteroatoms. The summed E-state index contributed by atoms with van der Waals surface area (Å²) in [6.07, 6.45) is 4.76. The molecular weight excluding hydrogens is 218 g/mol. The van der Waals surface area contributed by atoms with E-state index in [0.29, 0.717) is 25.2 Å². The van der Waals surface area contributed by atoms with Gasteiger partial charge in [-0.2, -0.15) is 0 Å². The van der Waals surface area contributed by atoms with Gasteiger partial charge in [0.25, 0.3) is 0 Å². The molecule has 0 atom stereocenters. The van der Waals surface area contributed by atoms with Crippen LogP contribution in [0.3, 0.4) is 0 Å². The lowest BCUT2D eigenvalue weighted by atomic mass is 9.74. The Labute approximate surface area is 103 Å². The van der Waals surface area contributed by atoms with Crippen LogP contribution in [-0.2, 0) is 9.59 Å². The number of carbonyl (C=O) groups excluding carboxylic acids is 1. The van der Waals surface area contributed by atoms with Gasteiger partial charge in [-0.25, -0.2) is 4.79 Å². The second-order valence-corrected chi connectivity index (χ2v) is 5.29. The molecule has 0 radical (unpaired) electrons. The second-order valence-electron chi connectivity index (χ2n) is 5.29. The predicted molar refractivity (Wildman–Crippen MR) is 65.7 cm³/mol. The topological polar surface area (TPSA) is 57.6 Å². The van der Waals surface area contributed by atoms with Gasteiger partial charge in [0.15, 0.2) is 0 Å². The fourth-order valence-corrected chi connectivity index (χ4v) is 2.86. The highest BCUT2D eigenvalue weighted by molar-refractivity contribution is 5.81. The van der Waals surface area contributed by atoms with Crippen molar-refractivity contribution >= 4 is 12.4 Å². The number of aliphatic carboxylic acids is 1. The summed E-state index contributed by atoms with van der Waals surface area (Å²) in [4.78, 5) is 24.2. The van der Waals surface area contributed by atoms with Gasteiger partial charge in [0.05, 0.1) is 0 Å². The van der Waals surface area contributed by atoms with Crippen molar-refractivity contribution in [3.63, 3.8) is 0 Å². The largest absolute Gasteiger partial charge is 0.479 e. The van der Waals surface area contributed by atoms with Gasteiger partial charge in [0.1, 0.15) is 5.54 Å². The van der Waals surface area contributed by atoms with Crippen LogP contribution in [0.15, 0.2) is 0 Å². The summed E-state index contributed by atoms with van der Waals surface area (Å²) >= 11 is 0. The molecule has 1 N–H and O–H groups in total. The molecule has 1 saturated carbocycles. The molecule has 1 rings (SSSR count). The minimum Gasteiger partial charge on any atom is -0.479 e. The third-order valence-electron chi connectivity index (χ3n) is 4.07. The smallest absolute Gasteiger partial charge is 0.329 e. The first-order valence-corrected chi connectivity index (χ1v) is 6.45. The molecule has 0 aromatic carbocycles. The summed E-state index contributed by atoms with van der Waals surface area (Å²) in [5, 5.41) is 9.50. The van der Waals surface area contributed by atoms with E-state index in [0.717, 1.165) is 19.3 Å². The van der Waals surface area contributed by atoms with Crippen LogP contribution in [-0.4, -0.2) is 34.0 Å². The van der Waals surface area contributed by atoms with Crippen molar-refractivity contribution in [3.8, 4) is 0 Å². The van der Waals surface area contributed by atoms with E-state index < -0.39 is 11.5 Å². The number of nitrogens with zero attached hydrogens (tertiary/aromatic N) is 1. The minimum absolute atomic E-state index is 0.0678. The van der Waals surface area contributed by atoms with E-state index in [4.69, 9.17) is 0 Å². The Bertz CT molecular complexity index is 280. The fourth-order valence-electron chi connectivity index (χ4n) is 2.86. The summed E-state index contributed by atoms with van der Waals surface area (Å²) in [6.45, 7) is 5.87. The van der Waals surface area contributed by atoms with E-state index >= 15 is 0 Å². The Morgan fingerprint density at radius 1 is 1.47 bits per heavy atom. The van der Waals surface area contributed by atoms with Crippen molar-refractivity contribution in [3.05, 3.63) is 0 Å². The quantitative estimate of drug-likeness (QED) is 0.751. The van der Waals surface area contributed by atoms with Gasteiger partial charge in [-0.1, -0.05) is 13.3 Å². The van der Waals surface area contributed by atoms with Crippen LogP contribution in [0.2, 0.25) is 0 Å². The first-order valence-electron chi connectivity index (χ1n) is 6.45. The molecule has 1 amide bonds. The van der Waals surface area contributed by atoms with Crippen LogP contribution in [0.25, 0.3) is 0 Å². The molecule has 0 aliphatic heterocycles. The van der Waals surface area contributed by atoms with Crippen molar-refractivity contribution < 1.29 is 14.7 Å². The van der Waals surface area contributed by atoms with Crippen molar-refractivity contribution in [2.75, 3.05) is 0 Å². The first kappa shape index (κ1) is 14.0. The molecule has 1 aliphatic rings. The molecule has 0 heterocycles. The molecule has 4 nitrogen and oxygen atoms in total. The molecule has 1 fully saturated rings. The number of carbonyl (C=O) groups is 2. The van der Waals surface area contributed by atoms with Crippen molar-refractivity contribution in [1.82, 2.24) is 4.90 Å². The third-order valence-corrected chi connectivity index (χ3v) is 4.07. The summed E-state index contributed by atoms with van der Waals surface area (Å²) < 4.78 is 0. The maximum absolute atomic E-state index is 11.6. The standard InChI is InChI=1S/C13H23NO3/c1-4-11-5-7-13(8-6-11,12(16)17)14(9-15)10(2)3/h9-11H,4-8H2,1-3H3,(H,16,17). The van der Waals surface area contributed by atoms with Gasteiger partial charge < -0.3 is 10.0 Å². The van der Waals surface area contributed by atoms with Gasteiger partial charge in [-0.15, -0.1) is 0 Å². The zero-order valence-corrected chi connectivity index (χ0v) is 11.0. The monoisotopic (exact) mass is 241 g/mol. The second kappa shape index (κ2) is 5.52. The number of hydrogen-bond donors (Lipinski definition) is 1. The third kappa shape index (κ3) is 2.61. The summed E-state index contributed by atoms with van der Waals surface area (Å²) in [5.41, 5.74) is -0.971. The molecule has 1 aliphatic carbocycles. The van der Waals surface area contributed by atoms with Crippen LogP contribution >= 0.6 is 0 Å². The number of rotatable bonds is 5. The van der Waals surface area contributed by atoms with Crippen LogP contribution in [0.5, 0.6) is 0 Å². The minimum atomic E-state index is -0.971. The molecule has 98 valence electrons. The fraction of sp³-hybridized carbons (Fsp3) is 0.846. The van der Waals surface area contributed by atoms with Crippen molar-refractivity contribution in [1.29, 1.82) is 0 Å². The number of hydrogen-bond acceptors (Lipinski definition) is 2. The molecular formula is C13H23NO3. The molecule has 0 aromatic rings. The van der Waals surface area contributed by atoms with Gasteiger partial charge in [0, 0.05) is 6.04 Å². The van der Waals surface area contributed by atoms with E-state index in [9.17, 15) is 14.7 Å². The van der Waals surface area contributed by atoms with E-state index in [1.807, 2.05) is 13.8 Å². The van der Waals surface area contributed by atoms with Gasteiger partial charge in [-0.3, -0.25) is 4.79 Å². The number of carboxylic acids is 1. The summed E-state index contributed by atoms with van der Waals surface area (Å²) in [7, 11) is 0. The summed E-state index contributed by atoms with van der Waals surface area (Å²) in [6, 6.07) is -0.0678. The van der Waals surface area contributed by atoms with Crippen LogP contribution in [0.4, 0.5) is 0 Å². The molecule has 0 spiro atoms. The van der Waals surface area contributed by atoms with Crippen molar-refractivity contribution in [2.45, 2.75) is 64.5 Å². The molecule has 0 unspecified atom stereocenters. The lowest BCUT2D eigenvalue weighted by molar-refractivity contribution is -0.160. The average molecular weight is 241 g/mol. The average Bonchev–Trinajstić information content (AvgIpc) is 2.30. The summed E-state index contributed by atoms with van der Waals surface area (Å²) in [5.74, 6) is -0.240. The van der Waals surface area contributed by atoms with Crippen LogP contribution < -0.4 is 0 Å². The highest BCUT2D eigenvalue weighted by atomic mass is 16.4. The predicted octanol–water partition coefficient (Wildman–Crippen LogP) is 2.28. The Morgan fingerprint density at radius 3 is 2.29 bits per heavy atom. The highest BCUT2D eigenvalue weighted by Gasteiger charge is 2.47. The molecule has 0 saturated heterocycles.